The van der Waals surface area contributed by atoms with Crippen molar-refractivity contribution < 1.29 is 0 Å². The molecule has 0 unspecified atom stereocenters. The monoisotopic (exact) mass is 200 g/mol. The van der Waals surface area contributed by atoms with E-state index in [-0.39, 0.29) is 0 Å². The van der Waals surface area contributed by atoms with Crippen LogP contribution in [0.25, 0.3) is 5.70 Å². The van der Waals surface area contributed by atoms with Gasteiger partial charge >= 0.3 is 0 Å². The zero-order chi connectivity index (χ0) is 10.3. The number of hydrazone groups is 1. The number of nitrogens with one attached hydrogen (secondary N) is 1. The summed E-state index contributed by atoms with van der Waals surface area (Å²) in [4.78, 5) is 0. The third-order valence-electron chi connectivity index (χ3n) is 2.51. The van der Waals surface area contributed by atoms with Crippen LogP contribution in [0.2, 0.25) is 0 Å². The fourth-order valence-electron chi connectivity index (χ4n) is 1.81. The van der Waals surface area contributed by atoms with E-state index in [0.29, 0.717) is 0 Å². The smallest absolute Gasteiger partial charge is 0.171 e. The molecule has 0 bridgehead atoms. The highest BCUT2D eigenvalue weighted by Crippen LogP contribution is 2.20. The molecule has 0 saturated heterocycles. The van der Waals surface area contributed by atoms with Crippen LogP contribution in [0.4, 0.5) is 0 Å². The second-order valence-corrected chi connectivity index (χ2v) is 3.72. The average molecular weight is 200 g/mol. The SMILES string of the molecule is CN1CN2NC(c3ccccc3)=CC2=N1. The molecule has 0 aliphatic carbocycles. The van der Waals surface area contributed by atoms with Crippen molar-refractivity contribution in [3.8, 4) is 0 Å². The lowest BCUT2D eigenvalue weighted by Gasteiger charge is -2.16. The first-order valence-electron chi connectivity index (χ1n) is 4.94. The third kappa shape index (κ3) is 1.34. The second kappa shape index (κ2) is 3.02. The summed E-state index contributed by atoms with van der Waals surface area (Å²) in [5.74, 6) is 0.983. The largest absolute Gasteiger partial charge is 0.295 e. The Morgan fingerprint density at radius 1 is 1.27 bits per heavy atom. The first kappa shape index (κ1) is 8.35. The van der Waals surface area contributed by atoms with Crippen LogP contribution in [-0.2, 0) is 0 Å². The number of hydrogen-bond donors (Lipinski definition) is 1. The molecule has 2 aliphatic heterocycles. The molecule has 0 spiro atoms. The van der Waals surface area contributed by atoms with Crippen molar-refractivity contribution in [1.82, 2.24) is 15.4 Å². The fraction of sp³-hybridized carbons (Fsp3) is 0.182. The Hall–Kier alpha value is -1.97. The summed E-state index contributed by atoms with van der Waals surface area (Å²) in [6.07, 6.45) is 2.07. The zero-order valence-electron chi connectivity index (χ0n) is 8.51. The molecule has 1 aromatic rings. The summed E-state index contributed by atoms with van der Waals surface area (Å²) in [5, 5.41) is 8.30. The average Bonchev–Trinajstić information content (AvgIpc) is 2.76. The van der Waals surface area contributed by atoms with Gasteiger partial charge in [0.1, 0.15) is 6.67 Å². The Labute approximate surface area is 88.5 Å². The molecule has 3 rings (SSSR count). The van der Waals surface area contributed by atoms with Crippen LogP contribution in [0.15, 0.2) is 41.5 Å². The number of benzene rings is 1. The van der Waals surface area contributed by atoms with Crippen LogP contribution in [0.3, 0.4) is 0 Å². The molecular weight excluding hydrogens is 188 g/mol. The summed E-state index contributed by atoms with van der Waals surface area (Å²) in [6.45, 7) is 0.794. The highest BCUT2D eigenvalue weighted by molar-refractivity contribution is 6.02. The first-order valence-corrected chi connectivity index (χ1v) is 4.94. The molecule has 4 heteroatoms. The van der Waals surface area contributed by atoms with Crippen LogP contribution in [0.5, 0.6) is 0 Å². The van der Waals surface area contributed by atoms with Crippen LogP contribution in [0.1, 0.15) is 5.56 Å². The van der Waals surface area contributed by atoms with Crippen LogP contribution in [-0.4, -0.2) is 29.6 Å². The maximum atomic E-state index is 4.36. The number of hydrogen-bond acceptors (Lipinski definition) is 4. The van der Waals surface area contributed by atoms with Crippen LogP contribution < -0.4 is 5.43 Å². The van der Waals surface area contributed by atoms with Gasteiger partial charge in [0.15, 0.2) is 5.84 Å². The lowest BCUT2D eigenvalue weighted by molar-refractivity contribution is 0.255. The number of rotatable bonds is 1. The van der Waals surface area contributed by atoms with E-state index >= 15 is 0 Å². The minimum atomic E-state index is 0.794. The first-order chi connectivity index (χ1) is 7.33. The predicted molar refractivity (Wildman–Crippen MR) is 59.5 cm³/mol. The predicted octanol–water partition coefficient (Wildman–Crippen LogP) is 1.06. The molecule has 1 aromatic carbocycles. The maximum Gasteiger partial charge on any atom is 0.171 e. The Bertz CT molecular complexity index is 435. The molecule has 0 fully saturated rings. The van der Waals surface area contributed by atoms with Gasteiger partial charge in [-0.2, -0.15) is 5.10 Å². The minimum absolute atomic E-state index is 0.794. The zero-order valence-corrected chi connectivity index (χ0v) is 8.51. The molecule has 15 heavy (non-hydrogen) atoms. The molecule has 2 heterocycles. The standard InChI is InChI=1S/C11H12N4/c1-14-8-15-11(13-14)7-10(12-15)9-5-3-2-4-6-9/h2-7,12H,8H2,1H3. The van der Waals surface area contributed by atoms with Gasteiger partial charge in [0, 0.05) is 13.1 Å². The van der Waals surface area contributed by atoms with Gasteiger partial charge in [0.05, 0.1) is 5.70 Å². The highest BCUT2D eigenvalue weighted by atomic mass is 15.7. The summed E-state index contributed by atoms with van der Waals surface area (Å²) in [6, 6.07) is 10.3. The summed E-state index contributed by atoms with van der Waals surface area (Å²) in [5.41, 5.74) is 5.63. The molecule has 76 valence electrons. The van der Waals surface area contributed by atoms with E-state index in [1.807, 2.05) is 35.3 Å². The molecule has 2 aliphatic rings. The van der Waals surface area contributed by atoms with Crippen molar-refractivity contribution in [2.24, 2.45) is 5.10 Å². The number of fused-ring (bicyclic) bond motifs is 1. The maximum absolute atomic E-state index is 4.36. The molecule has 0 aromatic heterocycles. The van der Waals surface area contributed by atoms with E-state index in [9.17, 15) is 0 Å². The van der Waals surface area contributed by atoms with Crippen molar-refractivity contribution in [2.45, 2.75) is 0 Å². The van der Waals surface area contributed by atoms with Crippen molar-refractivity contribution in [2.75, 3.05) is 13.7 Å². The highest BCUT2D eigenvalue weighted by Gasteiger charge is 2.25. The summed E-state index contributed by atoms with van der Waals surface area (Å²) in [7, 11) is 1.96. The summed E-state index contributed by atoms with van der Waals surface area (Å²) < 4.78 is 0. The Morgan fingerprint density at radius 2 is 2.07 bits per heavy atom. The van der Waals surface area contributed by atoms with Gasteiger partial charge in [-0.05, 0) is 5.56 Å². The van der Waals surface area contributed by atoms with Gasteiger partial charge in [-0.3, -0.25) is 10.4 Å². The lowest BCUT2D eigenvalue weighted by Crippen LogP contribution is -2.35. The quantitative estimate of drug-likeness (QED) is 0.735. The Morgan fingerprint density at radius 3 is 2.80 bits per heavy atom. The summed E-state index contributed by atoms with van der Waals surface area (Å²) >= 11 is 0. The van der Waals surface area contributed by atoms with Crippen molar-refractivity contribution >= 4 is 11.5 Å². The van der Waals surface area contributed by atoms with Crippen molar-refractivity contribution in [3.63, 3.8) is 0 Å². The van der Waals surface area contributed by atoms with Gasteiger partial charge in [-0.1, -0.05) is 30.3 Å². The Kier molecular flexibility index (Phi) is 1.68. The van der Waals surface area contributed by atoms with Crippen molar-refractivity contribution in [1.29, 1.82) is 0 Å². The molecule has 0 amide bonds. The van der Waals surface area contributed by atoms with E-state index in [1.165, 1.54) is 5.56 Å². The van der Waals surface area contributed by atoms with Gasteiger partial charge in [0.2, 0.25) is 0 Å². The normalized spacial score (nSPS) is 18.5. The topological polar surface area (TPSA) is 30.9 Å². The molecular formula is C11H12N4. The fourth-order valence-corrected chi connectivity index (χ4v) is 1.81. The minimum Gasteiger partial charge on any atom is -0.295 e. The molecule has 1 N–H and O–H groups in total. The van der Waals surface area contributed by atoms with Crippen LogP contribution >= 0.6 is 0 Å². The molecule has 0 atom stereocenters. The van der Waals surface area contributed by atoms with Crippen molar-refractivity contribution in [3.05, 3.63) is 42.0 Å². The van der Waals surface area contributed by atoms with E-state index in [2.05, 4.69) is 28.7 Å². The van der Waals surface area contributed by atoms with Gasteiger partial charge in [-0.15, -0.1) is 0 Å². The van der Waals surface area contributed by atoms with E-state index in [1.54, 1.807) is 0 Å². The van der Waals surface area contributed by atoms with E-state index < -0.39 is 0 Å². The van der Waals surface area contributed by atoms with Gasteiger partial charge in [-0.25, -0.2) is 5.01 Å². The van der Waals surface area contributed by atoms with E-state index in [0.717, 1.165) is 18.2 Å². The van der Waals surface area contributed by atoms with Gasteiger partial charge < -0.3 is 0 Å². The van der Waals surface area contributed by atoms with Crippen LogP contribution in [0, 0.1) is 0 Å². The lowest BCUT2D eigenvalue weighted by atomic mass is 10.1. The molecule has 4 nitrogen and oxygen atoms in total. The Balaban J connectivity index is 1.93. The van der Waals surface area contributed by atoms with Gasteiger partial charge in [0.25, 0.3) is 0 Å². The second-order valence-electron chi connectivity index (χ2n) is 3.72. The number of nitrogens with zero attached hydrogens (tertiary/aromatic N) is 3. The molecule has 0 radical (unpaired) electrons. The molecule has 0 saturated carbocycles. The number of amidine groups is 1. The van der Waals surface area contributed by atoms with E-state index in [4.69, 9.17) is 0 Å². The third-order valence-corrected chi connectivity index (χ3v) is 2.51. The number of hydrazine groups is 1.